The number of allylic oxidation sites excluding steroid dienone is 4. The van der Waals surface area contributed by atoms with Crippen molar-refractivity contribution < 1.29 is 0 Å². The molecule has 8 aromatic carbocycles. The van der Waals surface area contributed by atoms with Gasteiger partial charge in [0.15, 0.2) is 0 Å². The summed E-state index contributed by atoms with van der Waals surface area (Å²) in [6.07, 6.45) is 11.4. The average molecular weight is 692 g/mol. The predicted octanol–water partition coefficient (Wildman–Crippen LogP) is 13.8. The second kappa shape index (κ2) is 13.2. The first-order chi connectivity index (χ1) is 26.7. The smallest absolute Gasteiger partial charge is 0.0625 e. The van der Waals surface area contributed by atoms with Gasteiger partial charge in [-0.15, -0.1) is 0 Å². The summed E-state index contributed by atoms with van der Waals surface area (Å²) in [5.74, 6) is 0.349. The number of hydrogen-bond donors (Lipinski definition) is 2. The third-order valence-electron chi connectivity index (χ3n) is 11.0. The fraction of sp³-hybridized carbons (Fsp3) is 0.0392. The zero-order chi connectivity index (χ0) is 36.0. The van der Waals surface area contributed by atoms with Gasteiger partial charge in [0.2, 0.25) is 0 Å². The molecule has 1 aliphatic carbocycles. The Labute approximate surface area is 314 Å². The maximum absolute atomic E-state index is 8.73. The van der Waals surface area contributed by atoms with Gasteiger partial charge in [-0.05, 0) is 92.9 Å². The molecule has 0 spiro atoms. The van der Waals surface area contributed by atoms with Gasteiger partial charge >= 0.3 is 0 Å². The Morgan fingerprint density at radius 1 is 0.574 bits per heavy atom. The van der Waals surface area contributed by atoms with Crippen molar-refractivity contribution in [3.05, 3.63) is 199 Å². The minimum absolute atomic E-state index is 0.349. The number of fused-ring (bicyclic) bond motifs is 7. The standard InChI is InChI=1S/C51H37N3/c52-33-46-47(53-42-17-8-3-9-18-42)28-29-48-50(46)45-27-24-38-21-20-37-16-10-11-19-44(37)49(38)51(45)54(48)43-25-22-36(23-26-43)41-31-39(34-12-4-1-5-13-34)30-40(32-41)35-14-6-2-7-15-35/h1-14,16-33,35,52-53H,15H2. The van der Waals surface area contributed by atoms with Crippen LogP contribution < -0.4 is 5.32 Å². The number of hydrogen-bond acceptors (Lipinski definition) is 2. The summed E-state index contributed by atoms with van der Waals surface area (Å²) in [7, 11) is 0. The van der Waals surface area contributed by atoms with Gasteiger partial charge in [0, 0.05) is 50.9 Å². The molecule has 0 amide bonds. The fourth-order valence-corrected chi connectivity index (χ4v) is 8.37. The Bertz CT molecular complexity index is 2930. The molecule has 1 unspecified atom stereocenters. The summed E-state index contributed by atoms with van der Waals surface area (Å²) < 4.78 is 2.41. The number of para-hydroxylation sites is 1. The summed E-state index contributed by atoms with van der Waals surface area (Å²) in [6, 6.07) is 58.9. The van der Waals surface area contributed by atoms with Gasteiger partial charge in [-0.25, -0.2) is 0 Å². The molecular formula is C51H37N3. The maximum atomic E-state index is 8.73. The zero-order valence-electron chi connectivity index (χ0n) is 29.7. The van der Waals surface area contributed by atoms with Gasteiger partial charge < -0.3 is 15.3 Å². The van der Waals surface area contributed by atoms with Gasteiger partial charge in [0.1, 0.15) is 0 Å². The van der Waals surface area contributed by atoms with Crippen LogP contribution in [-0.4, -0.2) is 10.8 Å². The van der Waals surface area contributed by atoms with Crippen LogP contribution in [0.1, 0.15) is 23.5 Å². The summed E-state index contributed by atoms with van der Waals surface area (Å²) in [6.45, 7) is 0. The second-order valence-corrected chi connectivity index (χ2v) is 14.2. The van der Waals surface area contributed by atoms with E-state index >= 15 is 0 Å². The van der Waals surface area contributed by atoms with Crippen LogP contribution in [0.25, 0.3) is 71.3 Å². The number of aromatic nitrogens is 1. The Morgan fingerprint density at radius 3 is 2.04 bits per heavy atom. The molecule has 9 aromatic rings. The molecule has 1 atom stereocenters. The summed E-state index contributed by atoms with van der Waals surface area (Å²) in [4.78, 5) is 0. The molecule has 0 aliphatic heterocycles. The normalized spacial score (nSPS) is 14.0. The minimum atomic E-state index is 0.349. The van der Waals surface area contributed by atoms with Crippen molar-refractivity contribution in [1.82, 2.24) is 4.57 Å². The Kier molecular flexibility index (Phi) is 7.77. The third-order valence-corrected chi connectivity index (χ3v) is 11.0. The average Bonchev–Trinajstić information content (AvgIpc) is 3.59. The lowest BCUT2D eigenvalue weighted by Gasteiger charge is -2.18. The maximum Gasteiger partial charge on any atom is 0.0625 e. The first-order valence-electron chi connectivity index (χ1n) is 18.6. The van der Waals surface area contributed by atoms with E-state index in [9.17, 15) is 0 Å². The van der Waals surface area contributed by atoms with Crippen LogP contribution in [0, 0.1) is 5.41 Å². The molecule has 3 nitrogen and oxygen atoms in total. The summed E-state index contributed by atoms with van der Waals surface area (Å²) in [5.41, 5.74) is 12.2. The molecule has 1 aliphatic rings. The van der Waals surface area contributed by atoms with Crippen LogP contribution in [0.3, 0.4) is 0 Å². The molecule has 3 heteroatoms. The van der Waals surface area contributed by atoms with Crippen LogP contribution in [0.15, 0.2) is 188 Å². The quantitative estimate of drug-likeness (QED) is 0.127. The lowest BCUT2D eigenvalue weighted by atomic mass is 9.87. The third kappa shape index (κ3) is 5.41. The highest BCUT2D eigenvalue weighted by atomic mass is 15.0. The molecular weight excluding hydrogens is 655 g/mol. The van der Waals surface area contributed by atoms with Gasteiger partial charge in [0.25, 0.3) is 0 Å². The highest BCUT2D eigenvalue weighted by Crippen LogP contribution is 2.43. The summed E-state index contributed by atoms with van der Waals surface area (Å²) in [5, 5.41) is 19.4. The van der Waals surface area contributed by atoms with E-state index < -0.39 is 0 Å². The van der Waals surface area contributed by atoms with E-state index in [1.165, 1.54) is 55.6 Å². The van der Waals surface area contributed by atoms with Crippen molar-refractivity contribution in [3.8, 4) is 27.9 Å². The molecule has 10 rings (SSSR count). The van der Waals surface area contributed by atoms with Crippen molar-refractivity contribution in [1.29, 1.82) is 5.41 Å². The largest absolute Gasteiger partial charge is 0.355 e. The molecule has 1 heterocycles. The lowest BCUT2D eigenvalue weighted by Crippen LogP contribution is -1.99. The van der Waals surface area contributed by atoms with Crippen molar-refractivity contribution in [2.75, 3.05) is 5.32 Å². The number of rotatable bonds is 7. The van der Waals surface area contributed by atoms with E-state index in [2.05, 4.69) is 180 Å². The first kappa shape index (κ1) is 31.7. The van der Waals surface area contributed by atoms with Crippen molar-refractivity contribution in [3.63, 3.8) is 0 Å². The first-order valence-corrected chi connectivity index (χ1v) is 18.6. The molecule has 1 aromatic heterocycles. The van der Waals surface area contributed by atoms with E-state index in [0.29, 0.717) is 5.92 Å². The van der Waals surface area contributed by atoms with E-state index in [4.69, 9.17) is 5.41 Å². The highest BCUT2D eigenvalue weighted by Gasteiger charge is 2.21. The monoisotopic (exact) mass is 691 g/mol. The molecule has 0 saturated heterocycles. The number of anilines is 2. The highest BCUT2D eigenvalue weighted by molar-refractivity contribution is 6.28. The molecule has 0 saturated carbocycles. The van der Waals surface area contributed by atoms with Crippen LogP contribution in [-0.2, 0) is 0 Å². The van der Waals surface area contributed by atoms with Crippen LogP contribution in [0.4, 0.5) is 11.4 Å². The van der Waals surface area contributed by atoms with E-state index in [-0.39, 0.29) is 0 Å². The molecule has 54 heavy (non-hydrogen) atoms. The van der Waals surface area contributed by atoms with E-state index in [1.54, 1.807) is 0 Å². The SMILES string of the molecule is N=Cc1c(Nc2ccccc2)ccc2c1c1ccc3ccc4ccccc4c3c1n2-c1ccc(-c2cc(-c3ccccc3)cc(C3C=CC=CC3)c2)cc1. The number of nitrogens with one attached hydrogen (secondary N) is 2. The molecule has 2 N–H and O–H groups in total. The van der Waals surface area contributed by atoms with Gasteiger partial charge in [-0.1, -0.05) is 146 Å². The molecule has 0 bridgehead atoms. The van der Waals surface area contributed by atoms with Crippen LogP contribution in [0.2, 0.25) is 0 Å². The Balaban J connectivity index is 1.19. The van der Waals surface area contributed by atoms with Crippen LogP contribution >= 0.6 is 0 Å². The molecule has 256 valence electrons. The predicted molar refractivity (Wildman–Crippen MR) is 230 cm³/mol. The number of benzene rings is 8. The van der Waals surface area contributed by atoms with Gasteiger partial charge in [0.05, 0.1) is 11.0 Å². The lowest BCUT2D eigenvalue weighted by molar-refractivity contribution is 0.854. The van der Waals surface area contributed by atoms with Crippen molar-refractivity contribution in [2.24, 2.45) is 0 Å². The fourth-order valence-electron chi connectivity index (χ4n) is 8.37. The van der Waals surface area contributed by atoms with E-state index in [0.717, 1.165) is 50.9 Å². The summed E-state index contributed by atoms with van der Waals surface area (Å²) >= 11 is 0. The number of nitrogens with zero attached hydrogens (tertiary/aromatic N) is 1. The van der Waals surface area contributed by atoms with Crippen molar-refractivity contribution in [2.45, 2.75) is 12.3 Å². The van der Waals surface area contributed by atoms with Crippen LogP contribution in [0.5, 0.6) is 0 Å². The Hall–Kier alpha value is -6.97. The van der Waals surface area contributed by atoms with Gasteiger partial charge in [-0.2, -0.15) is 0 Å². The zero-order valence-corrected chi connectivity index (χ0v) is 29.7. The molecule has 0 radical (unpaired) electrons. The van der Waals surface area contributed by atoms with E-state index in [1.807, 2.05) is 18.2 Å². The van der Waals surface area contributed by atoms with Gasteiger partial charge in [-0.3, -0.25) is 0 Å². The minimum Gasteiger partial charge on any atom is -0.355 e. The topological polar surface area (TPSA) is 40.8 Å². The molecule has 0 fully saturated rings. The second-order valence-electron chi connectivity index (χ2n) is 14.2. The van der Waals surface area contributed by atoms with Crippen molar-refractivity contribution >= 4 is 60.9 Å². The Morgan fingerprint density at radius 2 is 1.28 bits per heavy atom.